The Morgan fingerprint density at radius 3 is 2.31 bits per heavy atom. The summed E-state index contributed by atoms with van der Waals surface area (Å²) in [4.78, 5) is 32.8. The molecule has 4 aromatic rings. The smallest absolute Gasteiger partial charge is 0.319 e. The standard InChI is InChI=1S/C20H17N7O2/c1-13-10-11-21-19-25-17(26-27(13)19)18(28)22-15-8-5-9-16(12-15)24-20(29)23-14-6-3-2-4-7-14/h2-12H,1H3,(H,22,28)(H2,23,24,29). The number of nitrogens with zero attached hydrogens (tertiary/aromatic N) is 4. The van der Waals surface area contributed by atoms with Crippen LogP contribution in [0.1, 0.15) is 16.3 Å². The van der Waals surface area contributed by atoms with Crippen molar-refractivity contribution in [2.45, 2.75) is 6.92 Å². The van der Waals surface area contributed by atoms with Crippen molar-refractivity contribution >= 4 is 34.8 Å². The lowest BCUT2D eigenvalue weighted by molar-refractivity contribution is 0.101. The van der Waals surface area contributed by atoms with E-state index in [1.165, 1.54) is 4.52 Å². The summed E-state index contributed by atoms with van der Waals surface area (Å²) in [6.45, 7) is 1.85. The van der Waals surface area contributed by atoms with E-state index < -0.39 is 5.91 Å². The number of carbonyl (C=O) groups is 2. The summed E-state index contributed by atoms with van der Waals surface area (Å²) in [5.41, 5.74) is 2.52. The van der Waals surface area contributed by atoms with E-state index in [1.54, 1.807) is 48.7 Å². The number of aromatic nitrogens is 4. The Kier molecular flexibility index (Phi) is 4.85. The molecule has 0 aliphatic rings. The molecule has 0 bridgehead atoms. The first kappa shape index (κ1) is 18.1. The Hall–Kier alpha value is -4.27. The van der Waals surface area contributed by atoms with Crippen molar-refractivity contribution in [3.8, 4) is 0 Å². The first-order chi connectivity index (χ1) is 14.1. The van der Waals surface area contributed by atoms with Crippen molar-refractivity contribution in [2.24, 2.45) is 0 Å². The highest BCUT2D eigenvalue weighted by Gasteiger charge is 2.15. The number of rotatable bonds is 4. The second-order valence-electron chi connectivity index (χ2n) is 6.21. The van der Waals surface area contributed by atoms with Gasteiger partial charge in [0, 0.05) is 29.0 Å². The van der Waals surface area contributed by atoms with Gasteiger partial charge >= 0.3 is 6.03 Å². The number of amides is 3. The highest BCUT2D eigenvalue weighted by atomic mass is 16.2. The highest BCUT2D eigenvalue weighted by molar-refractivity contribution is 6.03. The summed E-state index contributed by atoms with van der Waals surface area (Å²) in [6, 6.07) is 17.3. The molecule has 29 heavy (non-hydrogen) atoms. The third kappa shape index (κ3) is 4.19. The van der Waals surface area contributed by atoms with Gasteiger partial charge in [-0.05, 0) is 43.3 Å². The minimum Gasteiger partial charge on any atom is -0.319 e. The number of para-hydroxylation sites is 1. The molecule has 3 N–H and O–H groups in total. The fourth-order valence-corrected chi connectivity index (χ4v) is 2.68. The molecular weight excluding hydrogens is 370 g/mol. The predicted octanol–water partition coefficient (Wildman–Crippen LogP) is 3.33. The van der Waals surface area contributed by atoms with Gasteiger partial charge in [0.15, 0.2) is 0 Å². The number of fused-ring (bicyclic) bond motifs is 1. The minimum absolute atomic E-state index is 0.00647. The number of nitrogens with one attached hydrogen (secondary N) is 3. The molecule has 2 aromatic heterocycles. The molecule has 3 amide bonds. The maximum Gasteiger partial charge on any atom is 0.323 e. The van der Waals surface area contributed by atoms with Crippen LogP contribution in [0.2, 0.25) is 0 Å². The van der Waals surface area contributed by atoms with Gasteiger partial charge in [0.1, 0.15) is 0 Å². The Bertz CT molecular complexity index is 1190. The predicted molar refractivity (Wildman–Crippen MR) is 109 cm³/mol. The molecule has 0 saturated heterocycles. The lowest BCUT2D eigenvalue weighted by Crippen LogP contribution is -2.19. The van der Waals surface area contributed by atoms with Gasteiger partial charge in [-0.1, -0.05) is 24.3 Å². The van der Waals surface area contributed by atoms with Crippen molar-refractivity contribution < 1.29 is 9.59 Å². The Balaban J connectivity index is 1.44. The van der Waals surface area contributed by atoms with E-state index in [0.29, 0.717) is 22.8 Å². The molecule has 9 nitrogen and oxygen atoms in total. The Labute approximate surface area is 165 Å². The third-order valence-electron chi connectivity index (χ3n) is 4.04. The number of benzene rings is 2. The topological polar surface area (TPSA) is 113 Å². The zero-order valence-corrected chi connectivity index (χ0v) is 15.5. The second-order valence-corrected chi connectivity index (χ2v) is 6.21. The summed E-state index contributed by atoms with van der Waals surface area (Å²) in [5, 5.41) is 12.4. The van der Waals surface area contributed by atoms with Gasteiger partial charge in [-0.3, -0.25) is 4.79 Å². The number of urea groups is 1. The van der Waals surface area contributed by atoms with Crippen molar-refractivity contribution in [1.82, 2.24) is 19.6 Å². The van der Waals surface area contributed by atoms with Crippen LogP contribution in [-0.2, 0) is 0 Å². The molecule has 0 aliphatic carbocycles. The average Bonchev–Trinajstić information content (AvgIpc) is 3.15. The van der Waals surface area contributed by atoms with Gasteiger partial charge in [0.2, 0.25) is 5.82 Å². The van der Waals surface area contributed by atoms with Crippen molar-refractivity contribution in [1.29, 1.82) is 0 Å². The summed E-state index contributed by atoms with van der Waals surface area (Å²) < 4.78 is 1.50. The fourth-order valence-electron chi connectivity index (χ4n) is 2.68. The summed E-state index contributed by atoms with van der Waals surface area (Å²) >= 11 is 0. The lowest BCUT2D eigenvalue weighted by atomic mass is 10.2. The van der Waals surface area contributed by atoms with Crippen LogP contribution < -0.4 is 16.0 Å². The molecule has 0 fully saturated rings. The first-order valence-corrected chi connectivity index (χ1v) is 8.81. The van der Waals surface area contributed by atoms with E-state index in [2.05, 4.69) is 31.0 Å². The third-order valence-corrected chi connectivity index (χ3v) is 4.04. The molecule has 144 valence electrons. The molecule has 0 unspecified atom stereocenters. The molecule has 0 saturated carbocycles. The fraction of sp³-hybridized carbons (Fsp3) is 0.0500. The zero-order chi connectivity index (χ0) is 20.2. The van der Waals surface area contributed by atoms with Crippen LogP contribution in [0.4, 0.5) is 21.9 Å². The van der Waals surface area contributed by atoms with Crippen LogP contribution >= 0.6 is 0 Å². The van der Waals surface area contributed by atoms with Gasteiger partial charge in [-0.15, -0.1) is 5.10 Å². The first-order valence-electron chi connectivity index (χ1n) is 8.81. The van der Waals surface area contributed by atoms with Crippen LogP contribution in [0.3, 0.4) is 0 Å². The van der Waals surface area contributed by atoms with Gasteiger partial charge in [0.05, 0.1) is 0 Å². The molecular formula is C20H17N7O2. The zero-order valence-electron chi connectivity index (χ0n) is 15.5. The molecule has 0 aliphatic heterocycles. The van der Waals surface area contributed by atoms with Gasteiger partial charge in [-0.25, -0.2) is 14.3 Å². The lowest BCUT2D eigenvalue weighted by Gasteiger charge is -2.09. The van der Waals surface area contributed by atoms with Crippen molar-refractivity contribution in [3.63, 3.8) is 0 Å². The van der Waals surface area contributed by atoms with E-state index in [9.17, 15) is 9.59 Å². The number of anilines is 3. The quantitative estimate of drug-likeness (QED) is 0.497. The Morgan fingerprint density at radius 1 is 0.862 bits per heavy atom. The van der Waals surface area contributed by atoms with Crippen LogP contribution in [0.5, 0.6) is 0 Å². The van der Waals surface area contributed by atoms with E-state index in [1.807, 2.05) is 25.1 Å². The number of hydrogen-bond acceptors (Lipinski definition) is 5. The van der Waals surface area contributed by atoms with E-state index >= 15 is 0 Å². The highest BCUT2D eigenvalue weighted by Crippen LogP contribution is 2.16. The van der Waals surface area contributed by atoms with Crippen LogP contribution in [-0.4, -0.2) is 31.5 Å². The molecule has 0 radical (unpaired) electrons. The molecule has 2 heterocycles. The maximum atomic E-state index is 12.5. The summed E-state index contributed by atoms with van der Waals surface area (Å²) in [5.74, 6) is -0.115. The van der Waals surface area contributed by atoms with Crippen LogP contribution in [0, 0.1) is 6.92 Å². The number of aryl methyl sites for hydroxylation is 1. The SMILES string of the molecule is Cc1ccnc2nc(C(=O)Nc3cccc(NC(=O)Nc4ccccc4)c3)nn12. The average molecular weight is 387 g/mol. The molecule has 9 heteroatoms. The monoisotopic (exact) mass is 387 g/mol. The largest absolute Gasteiger partial charge is 0.323 e. The normalized spacial score (nSPS) is 10.5. The summed E-state index contributed by atoms with van der Waals surface area (Å²) in [7, 11) is 0. The van der Waals surface area contributed by atoms with E-state index in [4.69, 9.17) is 0 Å². The van der Waals surface area contributed by atoms with Crippen LogP contribution in [0.25, 0.3) is 5.78 Å². The van der Waals surface area contributed by atoms with Gasteiger partial charge in [0.25, 0.3) is 11.7 Å². The molecule has 4 rings (SSSR count). The van der Waals surface area contributed by atoms with Crippen molar-refractivity contribution in [2.75, 3.05) is 16.0 Å². The molecule has 0 spiro atoms. The Morgan fingerprint density at radius 2 is 1.55 bits per heavy atom. The maximum absolute atomic E-state index is 12.5. The van der Waals surface area contributed by atoms with Crippen LogP contribution in [0.15, 0.2) is 66.9 Å². The molecule has 2 aromatic carbocycles. The molecule has 0 atom stereocenters. The van der Waals surface area contributed by atoms with Gasteiger partial charge in [-0.2, -0.15) is 4.98 Å². The van der Waals surface area contributed by atoms with Crippen molar-refractivity contribution in [3.05, 3.63) is 78.4 Å². The minimum atomic E-state index is -0.471. The van der Waals surface area contributed by atoms with Gasteiger partial charge < -0.3 is 16.0 Å². The van der Waals surface area contributed by atoms with E-state index in [-0.39, 0.29) is 11.9 Å². The summed E-state index contributed by atoms with van der Waals surface area (Å²) in [6.07, 6.45) is 1.61. The number of hydrogen-bond donors (Lipinski definition) is 3. The number of carbonyl (C=O) groups excluding carboxylic acids is 2. The second kappa shape index (κ2) is 7.77. The van der Waals surface area contributed by atoms with E-state index in [0.717, 1.165) is 5.69 Å².